The van der Waals surface area contributed by atoms with Crippen molar-refractivity contribution in [3.8, 4) is 11.4 Å². The molecule has 2 aromatic carbocycles. The van der Waals surface area contributed by atoms with E-state index in [-0.39, 0.29) is 11.4 Å². The van der Waals surface area contributed by atoms with E-state index in [1.165, 1.54) is 6.07 Å². The van der Waals surface area contributed by atoms with Crippen molar-refractivity contribution in [2.24, 2.45) is 0 Å². The minimum atomic E-state index is -0.268. The molecule has 104 valence electrons. The summed E-state index contributed by atoms with van der Waals surface area (Å²) >= 11 is 0. The molecule has 3 nitrogen and oxygen atoms in total. The number of fused-ring (bicyclic) bond motifs is 1. The topological polar surface area (TPSA) is 45.8 Å². The highest BCUT2D eigenvalue weighted by atomic mass is 19.1. The molecule has 3 aromatic rings. The number of nitrogens with zero attached hydrogens (tertiary/aromatic N) is 1. The molecule has 0 aliphatic heterocycles. The van der Waals surface area contributed by atoms with Crippen LogP contribution in [0.15, 0.2) is 47.3 Å². The Kier molecular flexibility index (Phi) is 2.64. The number of halogens is 1. The number of nitrogens with one attached hydrogen (secondary N) is 1. The molecule has 1 fully saturated rings. The Labute approximate surface area is 120 Å². The average molecular weight is 280 g/mol. The lowest BCUT2D eigenvalue weighted by Crippen LogP contribution is -2.10. The Morgan fingerprint density at radius 2 is 1.86 bits per heavy atom. The van der Waals surface area contributed by atoms with E-state index in [1.807, 2.05) is 12.1 Å². The van der Waals surface area contributed by atoms with Gasteiger partial charge in [0.15, 0.2) is 0 Å². The number of H-pyrrole nitrogens is 1. The van der Waals surface area contributed by atoms with Crippen LogP contribution in [0.5, 0.6) is 0 Å². The number of rotatable bonds is 2. The molecule has 1 heterocycles. The third kappa shape index (κ3) is 2.13. The van der Waals surface area contributed by atoms with E-state index in [2.05, 4.69) is 9.97 Å². The maximum atomic E-state index is 13.9. The summed E-state index contributed by atoms with van der Waals surface area (Å²) in [6.45, 7) is 0. The molecule has 21 heavy (non-hydrogen) atoms. The predicted octanol–water partition coefficient (Wildman–Crippen LogP) is 3.61. The van der Waals surface area contributed by atoms with Crippen LogP contribution in [0.2, 0.25) is 0 Å². The lowest BCUT2D eigenvalue weighted by molar-refractivity contribution is 0.640. The van der Waals surface area contributed by atoms with Gasteiger partial charge in [0, 0.05) is 22.9 Å². The second-order valence-electron chi connectivity index (χ2n) is 5.43. The highest BCUT2D eigenvalue weighted by molar-refractivity contribution is 5.95. The van der Waals surface area contributed by atoms with Crippen LogP contribution in [0, 0.1) is 5.82 Å². The molecule has 1 N–H and O–H groups in total. The minimum Gasteiger partial charge on any atom is -0.306 e. The van der Waals surface area contributed by atoms with Gasteiger partial charge in [0.2, 0.25) is 0 Å². The Bertz CT molecular complexity index is 897. The van der Waals surface area contributed by atoms with Crippen LogP contribution in [0.4, 0.5) is 4.39 Å². The van der Waals surface area contributed by atoms with E-state index in [1.54, 1.807) is 24.3 Å². The van der Waals surface area contributed by atoms with Crippen LogP contribution in [0.25, 0.3) is 22.2 Å². The first-order valence-electron chi connectivity index (χ1n) is 7.01. The van der Waals surface area contributed by atoms with Crippen LogP contribution in [-0.2, 0) is 0 Å². The summed E-state index contributed by atoms with van der Waals surface area (Å²) in [6, 6.07) is 11.9. The lowest BCUT2D eigenvalue weighted by Gasteiger charge is -2.08. The third-order valence-corrected chi connectivity index (χ3v) is 3.88. The maximum Gasteiger partial charge on any atom is 0.251 e. The minimum absolute atomic E-state index is 0.157. The van der Waals surface area contributed by atoms with Gasteiger partial charge in [-0.05, 0) is 30.4 Å². The normalized spacial score (nSPS) is 14.5. The number of hydrogen-bond acceptors (Lipinski definition) is 2. The molecule has 0 radical (unpaired) electrons. The van der Waals surface area contributed by atoms with Crippen LogP contribution >= 0.6 is 0 Å². The molecule has 1 aliphatic rings. The lowest BCUT2D eigenvalue weighted by atomic mass is 10.0. The van der Waals surface area contributed by atoms with Gasteiger partial charge in [-0.1, -0.05) is 24.3 Å². The van der Waals surface area contributed by atoms with Crippen LogP contribution in [-0.4, -0.2) is 9.97 Å². The van der Waals surface area contributed by atoms with Crippen molar-refractivity contribution in [1.82, 2.24) is 9.97 Å². The van der Waals surface area contributed by atoms with Gasteiger partial charge in [-0.15, -0.1) is 0 Å². The highest BCUT2D eigenvalue weighted by Crippen LogP contribution is 2.39. The average Bonchev–Trinajstić information content (AvgIpc) is 3.32. The summed E-state index contributed by atoms with van der Waals surface area (Å²) in [4.78, 5) is 19.2. The molecular weight excluding hydrogens is 267 g/mol. The smallest absolute Gasteiger partial charge is 0.251 e. The first-order valence-corrected chi connectivity index (χ1v) is 7.01. The van der Waals surface area contributed by atoms with Crippen molar-refractivity contribution < 1.29 is 4.39 Å². The van der Waals surface area contributed by atoms with Gasteiger partial charge in [0.1, 0.15) is 11.6 Å². The molecule has 0 saturated heterocycles. The number of benzene rings is 2. The van der Waals surface area contributed by atoms with Crippen molar-refractivity contribution in [2.45, 2.75) is 18.8 Å². The zero-order valence-electron chi connectivity index (χ0n) is 11.3. The molecule has 4 rings (SSSR count). The first kappa shape index (κ1) is 12.3. The SMILES string of the molecule is O=c1cc(C2CC2)nc(-c2ccc(F)c3ccccc23)[nH]1. The summed E-state index contributed by atoms with van der Waals surface area (Å²) in [5, 5.41) is 1.29. The number of hydrogen-bond donors (Lipinski definition) is 1. The van der Waals surface area contributed by atoms with E-state index < -0.39 is 0 Å². The summed E-state index contributed by atoms with van der Waals surface area (Å²) in [5.74, 6) is 0.647. The first-order chi connectivity index (χ1) is 10.2. The van der Waals surface area contributed by atoms with Crippen molar-refractivity contribution in [3.05, 3.63) is 64.3 Å². The quantitative estimate of drug-likeness (QED) is 0.779. The summed E-state index contributed by atoms with van der Waals surface area (Å²) < 4.78 is 13.9. The van der Waals surface area contributed by atoms with Crippen molar-refractivity contribution in [2.75, 3.05) is 0 Å². The van der Waals surface area contributed by atoms with Gasteiger partial charge >= 0.3 is 0 Å². The molecular formula is C17H13FN2O. The standard InChI is InChI=1S/C17H13FN2O/c18-14-8-7-13(11-3-1-2-4-12(11)14)17-19-15(10-5-6-10)9-16(21)20-17/h1-4,7-10H,5-6H2,(H,19,20,21). The van der Waals surface area contributed by atoms with E-state index in [0.29, 0.717) is 17.1 Å². The van der Waals surface area contributed by atoms with Crippen molar-refractivity contribution in [3.63, 3.8) is 0 Å². The largest absolute Gasteiger partial charge is 0.306 e. The fraction of sp³-hybridized carbons (Fsp3) is 0.176. The number of aromatic nitrogens is 2. The van der Waals surface area contributed by atoms with E-state index in [9.17, 15) is 9.18 Å². The maximum absolute atomic E-state index is 13.9. The van der Waals surface area contributed by atoms with Crippen LogP contribution < -0.4 is 5.56 Å². The number of aromatic amines is 1. The monoisotopic (exact) mass is 280 g/mol. The highest BCUT2D eigenvalue weighted by Gasteiger charge is 2.26. The molecule has 0 amide bonds. The Balaban J connectivity index is 1.98. The molecule has 0 spiro atoms. The van der Waals surface area contributed by atoms with Gasteiger partial charge < -0.3 is 4.98 Å². The fourth-order valence-corrected chi connectivity index (χ4v) is 2.66. The molecule has 1 aromatic heterocycles. The molecule has 0 atom stereocenters. The summed E-state index contributed by atoms with van der Waals surface area (Å²) in [7, 11) is 0. The van der Waals surface area contributed by atoms with Gasteiger partial charge in [-0.2, -0.15) is 0 Å². The molecule has 0 unspecified atom stereocenters. The van der Waals surface area contributed by atoms with Gasteiger partial charge in [0.25, 0.3) is 5.56 Å². The van der Waals surface area contributed by atoms with E-state index >= 15 is 0 Å². The molecule has 1 saturated carbocycles. The molecule has 0 bridgehead atoms. The predicted molar refractivity (Wildman–Crippen MR) is 79.7 cm³/mol. The zero-order valence-corrected chi connectivity index (χ0v) is 11.3. The summed E-state index contributed by atoms with van der Waals surface area (Å²) in [6.07, 6.45) is 2.17. The Hall–Kier alpha value is -2.49. The fourth-order valence-electron chi connectivity index (χ4n) is 2.66. The molecule has 1 aliphatic carbocycles. The molecule has 4 heteroatoms. The van der Waals surface area contributed by atoms with E-state index in [0.717, 1.165) is 29.5 Å². The van der Waals surface area contributed by atoms with Crippen LogP contribution in [0.3, 0.4) is 0 Å². The van der Waals surface area contributed by atoms with E-state index in [4.69, 9.17) is 0 Å². The van der Waals surface area contributed by atoms with Crippen molar-refractivity contribution >= 4 is 10.8 Å². The van der Waals surface area contributed by atoms with Crippen molar-refractivity contribution in [1.29, 1.82) is 0 Å². The van der Waals surface area contributed by atoms with Crippen LogP contribution in [0.1, 0.15) is 24.5 Å². The Morgan fingerprint density at radius 1 is 1.10 bits per heavy atom. The van der Waals surface area contributed by atoms with Gasteiger partial charge in [-0.3, -0.25) is 4.79 Å². The second-order valence-corrected chi connectivity index (χ2v) is 5.43. The van der Waals surface area contributed by atoms with Gasteiger partial charge in [-0.25, -0.2) is 9.37 Å². The second kappa shape index (κ2) is 4.52. The third-order valence-electron chi connectivity index (χ3n) is 3.88. The summed E-state index contributed by atoms with van der Waals surface area (Å²) in [5.41, 5.74) is 1.43. The van der Waals surface area contributed by atoms with Gasteiger partial charge in [0.05, 0.1) is 5.69 Å². The Morgan fingerprint density at radius 3 is 2.62 bits per heavy atom. The zero-order chi connectivity index (χ0) is 14.4.